The zero-order valence-corrected chi connectivity index (χ0v) is 20.5. The number of carbonyl (C=O) groups is 1. The van der Waals surface area contributed by atoms with E-state index < -0.39 is 12.1 Å². The molecule has 0 aliphatic heterocycles. The second-order valence-corrected chi connectivity index (χ2v) is 8.39. The lowest BCUT2D eigenvalue weighted by Gasteiger charge is -2.16. The number of hydrogen-bond donors (Lipinski definition) is 0. The lowest BCUT2D eigenvalue weighted by Crippen LogP contribution is -2.26. The molecule has 0 aliphatic carbocycles. The summed E-state index contributed by atoms with van der Waals surface area (Å²) in [6.07, 6.45) is 0.762. The van der Waals surface area contributed by atoms with Crippen molar-refractivity contribution >= 4 is 33.9 Å². The number of fused-ring (bicyclic) bond motifs is 2. The molecule has 37 heavy (non-hydrogen) atoms. The third-order valence-electron chi connectivity index (χ3n) is 5.94. The Labute approximate surface area is 213 Å². The van der Waals surface area contributed by atoms with Crippen molar-refractivity contribution in [1.82, 2.24) is 9.66 Å². The van der Waals surface area contributed by atoms with Crippen molar-refractivity contribution < 1.29 is 14.3 Å². The van der Waals surface area contributed by atoms with E-state index in [0.717, 1.165) is 16.3 Å². The fraction of sp³-hybridized carbons (Fsp3) is 0.133. The number of benzene rings is 4. The molecule has 0 N–H and O–H groups in total. The van der Waals surface area contributed by atoms with Crippen molar-refractivity contribution in [1.29, 1.82) is 0 Å². The predicted molar refractivity (Wildman–Crippen MR) is 145 cm³/mol. The molecule has 184 valence electrons. The molecule has 5 aromatic rings. The summed E-state index contributed by atoms with van der Waals surface area (Å²) >= 11 is 0. The monoisotopic (exact) mass is 491 g/mol. The van der Waals surface area contributed by atoms with Gasteiger partial charge in [0.15, 0.2) is 11.9 Å². The quantitative estimate of drug-likeness (QED) is 0.224. The van der Waals surface area contributed by atoms with Crippen LogP contribution in [0.25, 0.3) is 33.1 Å². The summed E-state index contributed by atoms with van der Waals surface area (Å²) in [4.78, 5) is 30.5. The molecule has 0 aliphatic rings. The maximum absolute atomic E-state index is 13.5. The Hall–Kier alpha value is -4.78. The van der Waals surface area contributed by atoms with Crippen LogP contribution in [0, 0.1) is 0 Å². The third kappa shape index (κ3) is 4.84. The van der Waals surface area contributed by atoms with Crippen LogP contribution in [0.3, 0.4) is 0 Å². The highest BCUT2D eigenvalue weighted by Gasteiger charge is 2.19. The molecule has 7 nitrogen and oxygen atoms in total. The Kier molecular flexibility index (Phi) is 6.76. The number of aromatic nitrogens is 2. The number of esters is 1. The predicted octanol–water partition coefficient (Wildman–Crippen LogP) is 5.43. The molecule has 0 bridgehead atoms. The zero-order chi connectivity index (χ0) is 25.8. The third-order valence-corrected chi connectivity index (χ3v) is 5.94. The molecule has 4 aromatic carbocycles. The van der Waals surface area contributed by atoms with Crippen LogP contribution in [0.1, 0.15) is 19.4 Å². The summed E-state index contributed by atoms with van der Waals surface area (Å²) in [5.41, 5.74) is 1.69. The molecule has 1 atom stereocenters. The highest BCUT2D eigenvalue weighted by Crippen LogP contribution is 2.28. The van der Waals surface area contributed by atoms with Crippen molar-refractivity contribution in [3.05, 3.63) is 107 Å². The van der Waals surface area contributed by atoms with Gasteiger partial charge in [-0.15, -0.1) is 0 Å². The minimum atomic E-state index is -0.821. The molecule has 0 saturated heterocycles. The van der Waals surface area contributed by atoms with E-state index in [1.165, 1.54) is 4.68 Å². The highest BCUT2D eigenvalue weighted by molar-refractivity contribution is 6.02. The van der Waals surface area contributed by atoms with Crippen molar-refractivity contribution in [2.45, 2.75) is 20.0 Å². The van der Waals surface area contributed by atoms with E-state index in [2.05, 4.69) is 5.10 Å². The normalized spacial score (nSPS) is 12.2. The number of hydrogen-bond acceptors (Lipinski definition) is 6. The van der Waals surface area contributed by atoms with Gasteiger partial charge in [0.25, 0.3) is 5.56 Å². The Balaban J connectivity index is 1.68. The first-order valence-corrected chi connectivity index (χ1v) is 12.0. The molecule has 5 rings (SSSR count). The molecular weight excluding hydrogens is 466 g/mol. The van der Waals surface area contributed by atoms with Gasteiger partial charge in [-0.25, -0.2) is 9.78 Å². The summed E-state index contributed by atoms with van der Waals surface area (Å²) in [5.74, 6) is 0.411. The molecule has 0 unspecified atom stereocenters. The largest absolute Gasteiger partial charge is 0.478 e. The number of nitrogens with zero attached hydrogens (tertiary/aromatic N) is 3. The van der Waals surface area contributed by atoms with Crippen LogP contribution in [-0.2, 0) is 9.53 Å². The van der Waals surface area contributed by atoms with Gasteiger partial charge in [0.2, 0.25) is 0 Å². The van der Waals surface area contributed by atoms with Gasteiger partial charge in [0, 0.05) is 11.1 Å². The average Bonchev–Trinajstić information content (AvgIpc) is 2.93. The minimum Gasteiger partial charge on any atom is -0.478 e. The molecule has 1 aromatic heterocycles. The molecule has 1 heterocycles. The van der Waals surface area contributed by atoms with Gasteiger partial charge in [0.05, 0.1) is 23.7 Å². The topological polar surface area (TPSA) is 82.8 Å². The Bertz CT molecular complexity index is 1680. The van der Waals surface area contributed by atoms with E-state index in [-0.39, 0.29) is 12.2 Å². The van der Waals surface area contributed by atoms with Gasteiger partial charge in [-0.3, -0.25) is 4.79 Å². The van der Waals surface area contributed by atoms with Gasteiger partial charge >= 0.3 is 5.97 Å². The SMILES string of the molecule is CCOC(=O)[C@@H](C)Oc1ccc2ccccc2c1C=Nn1c(-c2ccccc2)nc2ccccc2c1=O. The number of ether oxygens (including phenoxy) is 2. The standard InChI is InChI=1S/C30H25N3O4/c1-3-36-30(35)20(2)37-27-18-17-21-11-7-8-14-23(21)25(27)19-31-33-28(22-12-5-4-6-13-22)32-26-16-10-9-15-24(26)29(33)34/h4-20H,3H2,1-2H3/t20-/m1/s1. The molecule has 7 heteroatoms. The van der Waals surface area contributed by atoms with Crippen molar-refractivity contribution in [2.24, 2.45) is 5.10 Å². The highest BCUT2D eigenvalue weighted by atomic mass is 16.6. The van der Waals surface area contributed by atoms with E-state index in [1.807, 2.05) is 72.8 Å². The number of rotatable bonds is 7. The van der Waals surface area contributed by atoms with Crippen molar-refractivity contribution in [2.75, 3.05) is 6.61 Å². The Morgan fingerprint density at radius 2 is 1.65 bits per heavy atom. The summed E-state index contributed by atoms with van der Waals surface area (Å²) < 4.78 is 12.4. The van der Waals surface area contributed by atoms with Crippen LogP contribution in [-0.4, -0.2) is 34.6 Å². The van der Waals surface area contributed by atoms with Crippen LogP contribution < -0.4 is 10.3 Å². The van der Waals surface area contributed by atoms with E-state index >= 15 is 0 Å². The van der Waals surface area contributed by atoms with E-state index in [4.69, 9.17) is 14.5 Å². The summed E-state index contributed by atoms with van der Waals surface area (Å²) in [7, 11) is 0. The van der Waals surface area contributed by atoms with Gasteiger partial charge < -0.3 is 9.47 Å². The van der Waals surface area contributed by atoms with E-state index in [1.54, 1.807) is 38.3 Å². The van der Waals surface area contributed by atoms with Crippen molar-refractivity contribution in [3.8, 4) is 17.1 Å². The van der Waals surface area contributed by atoms with Gasteiger partial charge in [-0.2, -0.15) is 9.78 Å². The summed E-state index contributed by atoms with van der Waals surface area (Å²) in [6.45, 7) is 3.65. The maximum Gasteiger partial charge on any atom is 0.347 e. The van der Waals surface area contributed by atoms with Crippen LogP contribution >= 0.6 is 0 Å². The van der Waals surface area contributed by atoms with Crippen LogP contribution in [0.4, 0.5) is 0 Å². The van der Waals surface area contributed by atoms with E-state index in [0.29, 0.717) is 28.0 Å². The summed E-state index contributed by atoms with van der Waals surface area (Å²) in [6, 6.07) is 28.1. The maximum atomic E-state index is 13.5. The van der Waals surface area contributed by atoms with Crippen molar-refractivity contribution in [3.63, 3.8) is 0 Å². The van der Waals surface area contributed by atoms with Crippen LogP contribution in [0.5, 0.6) is 5.75 Å². The first kappa shape index (κ1) is 23.9. The second kappa shape index (κ2) is 10.5. The first-order chi connectivity index (χ1) is 18.1. The lowest BCUT2D eigenvalue weighted by molar-refractivity contribution is -0.150. The molecular formula is C30H25N3O4. The zero-order valence-electron chi connectivity index (χ0n) is 20.5. The molecule has 0 fully saturated rings. The molecule has 0 radical (unpaired) electrons. The fourth-order valence-electron chi connectivity index (χ4n) is 4.13. The van der Waals surface area contributed by atoms with Gasteiger partial charge in [-0.1, -0.05) is 72.8 Å². The van der Waals surface area contributed by atoms with Crippen LogP contribution in [0.2, 0.25) is 0 Å². The summed E-state index contributed by atoms with van der Waals surface area (Å²) in [5, 5.41) is 6.91. The second-order valence-electron chi connectivity index (χ2n) is 8.39. The number of para-hydroxylation sites is 1. The van der Waals surface area contributed by atoms with E-state index in [9.17, 15) is 9.59 Å². The smallest absolute Gasteiger partial charge is 0.347 e. The minimum absolute atomic E-state index is 0.263. The molecule has 0 amide bonds. The Morgan fingerprint density at radius 1 is 0.946 bits per heavy atom. The molecule has 0 saturated carbocycles. The van der Waals surface area contributed by atoms with Gasteiger partial charge in [0.1, 0.15) is 5.75 Å². The molecule has 0 spiro atoms. The van der Waals surface area contributed by atoms with Gasteiger partial charge in [-0.05, 0) is 42.8 Å². The Morgan fingerprint density at radius 3 is 2.43 bits per heavy atom. The first-order valence-electron chi connectivity index (χ1n) is 12.0. The fourth-order valence-corrected chi connectivity index (χ4v) is 4.13. The lowest BCUT2D eigenvalue weighted by atomic mass is 10.0. The number of carbonyl (C=O) groups excluding carboxylic acids is 1. The average molecular weight is 492 g/mol. The van der Waals surface area contributed by atoms with Crippen LogP contribution in [0.15, 0.2) is 101 Å².